The monoisotopic (exact) mass is 315 g/mol. The van der Waals surface area contributed by atoms with Crippen LogP contribution in [0, 0.1) is 0 Å². The average Bonchev–Trinajstić information content (AvgIpc) is 2.39. The molecule has 0 aliphatic heterocycles. The van der Waals surface area contributed by atoms with Crippen LogP contribution in [0.3, 0.4) is 0 Å². The molecule has 0 heterocycles. The standard InChI is InChI=1S/C12H12F5O2S/c13-7-11(14)19-10-5-1-4-9(12(15,16)17)8(10)3-2-6-20-18/h1,4-5,11H,2-3,6-7H2/q+1. The van der Waals surface area contributed by atoms with Crippen molar-refractivity contribution < 1.29 is 30.9 Å². The van der Waals surface area contributed by atoms with Gasteiger partial charge in [0.1, 0.15) is 5.75 Å². The van der Waals surface area contributed by atoms with Crippen LogP contribution in [0.5, 0.6) is 5.75 Å². The third kappa shape index (κ3) is 4.66. The minimum atomic E-state index is -4.62. The maximum absolute atomic E-state index is 12.9. The van der Waals surface area contributed by atoms with E-state index in [0.29, 0.717) is 0 Å². The molecule has 1 unspecified atom stereocenters. The molecule has 0 radical (unpaired) electrons. The first-order chi connectivity index (χ1) is 9.40. The lowest BCUT2D eigenvalue weighted by Crippen LogP contribution is -2.16. The molecule has 20 heavy (non-hydrogen) atoms. The fourth-order valence-electron chi connectivity index (χ4n) is 1.68. The Bertz CT molecular complexity index is 450. The Hall–Kier alpha value is -1.31. The Labute approximate surface area is 116 Å². The van der Waals surface area contributed by atoms with Crippen molar-refractivity contribution in [2.45, 2.75) is 25.4 Å². The van der Waals surface area contributed by atoms with E-state index < -0.39 is 24.8 Å². The van der Waals surface area contributed by atoms with Gasteiger partial charge in [0, 0.05) is 16.2 Å². The van der Waals surface area contributed by atoms with Crippen molar-refractivity contribution >= 4 is 11.7 Å². The molecule has 1 aromatic rings. The van der Waals surface area contributed by atoms with Gasteiger partial charge in [-0.15, -0.1) is 0 Å². The highest BCUT2D eigenvalue weighted by Crippen LogP contribution is 2.37. The van der Waals surface area contributed by atoms with Gasteiger partial charge in [0.25, 0.3) is 6.36 Å². The van der Waals surface area contributed by atoms with Crippen LogP contribution < -0.4 is 4.74 Å². The van der Waals surface area contributed by atoms with E-state index in [-0.39, 0.29) is 41.6 Å². The van der Waals surface area contributed by atoms with E-state index in [1.54, 1.807) is 0 Å². The molecular formula is C12H12F5O2S+. The van der Waals surface area contributed by atoms with Crippen LogP contribution in [0.2, 0.25) is 0 Å². The van der Waals surface area contributed by atoms with Gasteiger partial charge in [-0.1, -0.05) is 6.07 Å². The summed E-state index contributed by atoms with van der Waals surface area (Å²) in [5.74, 6) is -0.228. The molecule has 2 nitrogen and oxygen atoms in total. The number of halogens is 5. The highest BCUT2D eigenvalue weighted by Gasteiger charge is 2.34. The van der Waals surface area contributed by atoms with Gasteiger partial charge in [-0.05, 0) is 18.6 Å². The number of alkyl halides is 5. The Morgan fingerprint density at radius 2 is 2.00 bits per heavy atom. The van der Waals surface area contributed by atoms with Gasteiger partial charge in [-0.3, -0.25) is 0 Å². The molecule has 0 spiro atoms. The van der Waals surface area contributed by atoms with Crippen LogP contribution >= 0.6 is 0 Å². The minimum Gasteiger partial charge on any atom is -0.457 e. The van der Waals surface area contributed by atoms with E-state index in [9.17, 15) is 26.2 Å². The van der Waals surface area contributed by atoms with E-state index in [4.69, 9.17) is 0 Å². The Morgan fingerprint density at radius 1 is 1.30 bits per heavy atom. The molecule has 0 aromatic heterocycles. The number of rotatable bonds is 7. The molecule has 0 fully saturated rings. The summed E-state index contributed by atoms with van der Waals surface area (Å²) in [6.07, 6.45) is -6.85. The zero-order valence-electron chi connectivity index (χ0n) is 10.3. The topological polar surface area (TPSA) is 26.3 Å². The molecule has 0 saturated carbocycles. The Morgan fingerprint density at radius 3 is 2.55 bits per heavy atom. The highest BCUT2D eigenvalue weighted by molar-refractivity contribution is 7.65. The first kappa shape index (κ1) is 16.7. The summed E-state index contributed by atoms with van der Waals surface area (Å²) in [7, 11) is 0. The number of hydrogen-bond donors (Lipinski definition) is 0. The van der Waals surface area contributed by atoms with Gasteiger partial charge >= 0.3 is 17.8 Å². The van der Waals surface area contributed by atoms with Crippen LogP contribution in [-0.2, 0) is 28.5 Å². The number of hydrogen-bond acceptors (Lipinski definition) is 2. The number of benzene rings is 1. The predicted molar refractivity (Wildman–Crippen MR) is 64.2 cm³/mol. The lowest BCUT2D eigenvalue weighted by Gasteiger charge is -2.17. The van der Waals surface area contributed by atoms with Crippen LogP contribution in [0.1, 0.15) is 17.5 Å². The molecule has 112 valence electrons. The number of ether oxygens (including phenoxy) is 1. The molecule has 0 bridgehead atoms. The molecule has 1 rings (SSSR count). The van der Waals surface area contributed by atoms with Crippen LogP contribution in [0.4, 0.5) is 22.0 Å². The average molecular weight is 315 g/mol. The van der Waals surface area contributed by atoms with Crippen molar-refractivity contribution in [2.24, 2.45) is 0 Å². The van der Waals surface area contributed by atoms with E-state index >= 15 is 0 Å². The smallest absolute Gasteiger partial charge is 0.457 e. The molecule has 1 atom stereocenters. The Kier molecular flexibility index (Phi) is 6.25. The van der Waals surface area contributed by atoms with Gasteiger partial charge in [-0.2, -0.15) is 17.6 Å². The molecule has 0 amide bonds. The van der Waals surface area contributed by atoms with Crippen molar-refractivity contribution in [1.29, 1.82) is 0 Å². The summed E-state index contributed by atoms with van der Waals surface area (Å²) in [4.78, 5) is 0. The third-order valence-electron chi connectivity index (χ3n) is 2.47. The van der Waals surface area contributed by atoms with Crippen LogP contribution in [0.25, 0.3) is 0 Å². The van der Waals surface area contributed by atoms with Gasteiger partial charge < -0.3 is 4.74 Å². The fourth-order valence-corrected chi connectivity index (χ4v) is 1.94. The third-order valence-corrected chi connectivity index (χ3v) is 2.92. The van der Waals surface area contributed by atoms with E-state index in [0.717, 1.165) is 18.2 Å². The van der Waals surface area contributed by atoms with Crippen molar-refractivity contribution in [3.63, 3.8) is 0 Å². The van der Waals surface area contributed by atoms with Crippen LogP contribution in [0.15, 0.2) is 18.2 Å². The molecule has 0 aliphatic carbocycles. The van der Waals surface area contributed by atoms with Gasteiger partial charge in [0.15, 0.2) is 6.67 Å². The predicted octanol–water partition coefficient (Wildman–Crippen LogP) is 3.71. The van der Waals surface area contributed by atoms with Gasteiger partial charge in [-0.25, -0.2) is 4.39 Å². The second-order valence-electron chi connectivity index (χ2n) is 3.89. The maximum atomic E-state index is 12.9. The second-order valence-corrected chi connectivity index (χ2v) is 4.53. The van der Waals surface area contributed by atoms with Crippen molar-refractivity contribution in [1.82, 2.24) is 0 Å². The lowest BCUT2D eigenvalue weighted by atomic mass is 10.0. The van der Waals surface area contributed by atoms with Crippen molar-refractivity contribution in [3.8, 4) is 5.75 Å². The molecular weight excluding hydrogens is 303 g/mol. The largest absolute Gasteiger partial charge is 0.458 e. The molecule has 0 N–H and O–H groups in total. The minimum absolute atomic E-state index is 0.0980. The summed E-state index contributed by atoms with van der Waals surface area (Å²) < 4.78 is 78.4. The summed E-state index contributed by atoms with van der Waals surface area (Å²) in [5.41, 5.74) is -1.22. The van der Waals surface area contributed by atoms with Crippen LogP contribution in [-0.4, -0.2) is 18.8 Å². The second kappa shape index (κ2) is 7.47. The normalized spacial score (nSPS) is 13.1. The SMILES string of the molecule is O=[S+]CCCc1c(OC(F)CF)cccc1C(F)(F)F. The summed E-state index contributed by atoms with van der Waals surface area (Å²) in [6, 6.07) is 3.06. The summed E-state index contributed by atoms with van der Waals surface area (Å²) in [5, 5.41) is 0. The lowest BCUT2D eigenvalue weighted by molar-refractivity contribution is -0.138. The molecule has 1 aromatic carbocycles. The van der Waals surface area contributed by atoms with E-state index in [1.165, 1.54) is 0 Å². The molecule has 8 heteroatoms. The van der Waals surface area contributed by atoms with Gasteiger partial charge in [0.2, 0.25) is 5.75 Å². The fraction of sp³-hybridized carbons (Fsp3) is 0.500. The van der Waals surface area contributed by atoms with E-state index in [1.807, 2.05) is 0 Å². The van der Waals surface area contributed by atoms with E-state index in [2.05, 4.69) is 4.74 Å². The Balaban J connectivity index is 3.11. The maximum Gasteiger partial charge on any atom is 0.458 e. The molecule has 0 aliphatic rings. The van der Waals surface area contributed by atoms with Crippen molar-refractivity contribution in [3.05, 3.63) is 29.3 Å². The molecule has 0 saturated heterocycles. The first-order valence-electron chi connectivity index (χ1n) is 5.70. The quantitative estimate of drug-likeness (QED) is 0.435. The summed E-state index contributed by atoms with van der Waals surface area (Å²) >= 11 is 0.252. The highest BCUT2D eigenvalue weighted by atomic mass is 32.1. The zero-order valence-corrected chi connectivity index (χ0v) is 11.1. The van der Waals surface area contributed by atoms with Crippen molar-refractivity contribution in [2.75, 3.05) is 12.4 Å². The first-order valence-corrected chi connectivity index (χ1v) is 6.61. The van der Waals surface area contributed by atoms with Gasteiger partial charge in [0.05, 0.1) is 5.56 Å². The zero-order chi connectivity index (χ0) is 15.2. The summed E-state index contributed by atoms with van der Waals surface area (Å²) in [6.45, 7) is -1.45.